The van der Waals surface area contributed by atoms with Crippen LogP contribution in [-0.2, 0) is 42.6 Å². The maximum atomic E-state index is 6.32. The summed E-state index contributed by atoms with van der Waals surface area (Å²) in [7, 11) is 6.52. The minimum absolute atomic E-state index is 0.260. The molecule has 2 rings (SSSR count). The monoisotopic (exact) mass is 450 g/mol. The molecule has 2 heterocycles. The van der Waals surface area contributed by atoms with Crippen LogP contribution in [0.5, 0.6) is 0 Å². The molecule has 0 amide bonds. The van der Waals surface area contributed by atoms with Crippen LogP contribution in [0, 0.1) is 0 Å². The van der Waals surface area contributed by atoms with Crippen LogP contribution >= 0.6 is 0 Å². The lowest BCUT2D eigenvalue weighted by atomic mass is 9.97. The van der Waals surface area contributed by atoms with Crippen LogP contribution in [0.25, 0.3) is 0 Å². The van der Waals surface area contributed by atoms with Gasteiger partial charge in [-0.15, -0.1) is 0 Å². The molecule has 184 valence electrons. The lowest BCUT2D eigenvalue weighted by Gasteiger charge is -2.48. The summed E-state index contributed by atoms with van der Waals surface area (Å²) in [5.41, 5.74) is 0. The zero-order valence-electron chi connectivity index (χ0n) is 20.3. The quantitative estimate of drug-likeness (QED) is 0.444. The van der Waals surface area contributed by atoms with Crippen molar-refractivity contribution >= 4 is 0 Å². The van der Waals surface area contributed by atoms with E-state index in [1.54, 1.807) is 28.4 Å². The highest BCUT2D eigenvalue weighted by Gasteiger charge is 2.51. The van der Waals surface area contributed by atoms with Gasteiger partial charge in [0, 0.05) is 41.7 Å². The average molecular weight is 451 g/mol. The topological polar surface area (TPSA) is 83.1 Å². The van der Waals surface area contributed by atoms with Crippen LogP contribution in [0.2, 0.25) is 0 Å². The summed E-state index contributed by atoms with van der Waals surface area (Å²) in [4.78, 5) is 0. The fraction of sp³-hybridized carbons (Fsp3) is 1.00. The zero-order chi connectivity index (χ0) is 23.0. The van der Waals surface area contributed by atoms with Gasteiger partial charge in [-0.05, 0) is 26.7 Å². The summed E-state index contributed by atoms with van der Waals surface area (Å²) in [5.74, 6) is 0. The van der Waals surface area contributed by atoms with Crippen LogP contribution in [0.4, 0.5) is 0 Å². The second kappa shape index (κ2) is 13.4. The first-order valence-corrected chi connectivity index (χ1v) is 11.3. The molecule has 0 unspecified atom stereocenters. The molecule has 0 aromatic rings. The van der Waals surface area contributed by atoms with Crippen molar-refractivity contribution in [3.63, 3.8) is 0 Å². The van der Waals surface area contributed by atoms with E-state index in [-0.39, 0.29) is 36.6 Å². The van der Waals surface area contributed by atoms with Gasteiger partial charge in [0.2, 0.25) is 0 Å². The lowest BCUT2D eigenvalue weighted by molar-refractivity contribution is -0.380. The van der Waals surface area contributed by atoms with Gasteiger partial charge >= 0.3 is 0 Å². The molecule has 2 fully saturated rings. The van der Waals surface area contributed by atoms with Gasteiger partial charge < -0.3 is 42.6 Å². The van der Waals surface area contributed by atoms with Crippen LogP contribution in [-0.4, -0.2) is 103 Å². The van der Waals surface area contributed by atoms with E-state index in [0.717, 1.165) is 12.8 Å². The largest absolute Gasteiger partial charge is 0.376 e. The van der Waals surface area contributed by atoms with Gasteiger partial charge in [-0.1, -0.05) is 13.8 Å². The highest BCUT2D eigenvalue weighted by atomic mass is 16.8. The number of hydrogen-bond donors (Lipinski definition) is 0. The third-order valence-electron chi connectivity index (χ3n) is 5.84. The molecular weight excluding hydrogens is 408 g/mol. The summed E-state index contributed by atoms with van der Waals surface area (Å²) in [5, 5.41) is 0. The molecule has 0 aromatic carbocycles. The Morgan fingerprint density at radius 1 is 0.548 bits per heavy atom. The SMILES string of the molecule is CCCO[C@@H]1[C@@H](OC)[C@H](C)O[C@@H](O[C@@H]2O[C@@H](C)[C@H](OC)[C@@H](OCCC)[C@H]2OC)[C@@H]1OC. The summed E-state index contributed by atoms with van der Waals surface area (Å²) >= 11 is 0. The molecule has 31 heavy (non-hydrogen) atoms. The van der Waals surface area contributed by atoms with Crippen LogP contribution < -0.4 is 0 Å². The maximum Gasteiger partial charge on any atom is 0.189 e. The van der Waals surface area contributed by atoms with Crippen molar-refractivity contribution in [2.24, 2.45) is 0 Å². The Morgan fingerprint density at radius 2 is 0.903 bits per heavy atom. The average Bonchev–Trinajstić information content (AvgIpc) is 2.76. The van der Waals surface area contributed by atoms with Crippen molar-refractivity contribution in [3.8, 4) is 0 Å². The Morgan fingerprint density at radius 3 is 1.19 bits per heavy atom. The molecular formula is C22H42O9. The van der Waals surface area contributed by atoms with Crippen molar-refractivity contribution in [1.29, 1.82) is 0 Å². The van der Waals surface area contributed by atoms with Crippen molar-refractivity contribution in [2.45, 2.75) is 102 Å². The number of hydrogen-bond acceptors (Lipinski definition) is 9. The molecule has 0 bridgehead atoms. The summed E-state index contributed by atoms with van der Waals surface area (Å²) in [6, 6.07) is 0. The van der Waals surface area contributed by atoms with E-state index in [4.69, 9.17) is 42.6 Å². The summed E-state index contributed by atoms with van der Waals surface area (Å²) < 4.78 is 53.6. The van der Waals surface area contributed by atoms with E-state index < -0.39 is 24.8 Å². The molecule has 0 spiro atoms. The van der Waals surface area contributed by atoms with Crippen LogP contribution in [0.1, 0.15) is 40.5 Å². The minimum Gasteiger partial charge on any atom is -0.376 e. The molecule has 0 saturated carbocycles. The van der Waals surface area contributed by atoms with E-state index in [1.165, 1.54) is 0 Å². The van der Waals surface area contributed by atoms with E-state index >= 15 is 0 Å². The summed E-state index contributed by atoms with van der Waals surface area (Å²) in [6.07, 6.45) is -2.45. The fourth-order valence-corrected chi connectivity index (χ4v) is 4.33. The maximum absolute atomic E-state index is 6.32. The predicted molar refractivity (Wildman–Crippen MR) is 113 cm³/mol. The predicted octanol–water partition coefficient (Wildman–Crippen LogP) is 2.14. The Kier molecular flexibility index (Phi) is 11.6. The molecule has 0 N–H and O–H groups in total. The molecule has 0 aromatic heterocycles. The fourth-order valence-electron chi connectivity index (χ4n) is 4.33. The standard InChI is InChI=1S/C22H42O9/c1-9-11-27-17-15(23-5)13(3)29-21(19(17)25-7)31-22-20(26-8)18(28-12-10-2)16(24-6)14(4)30-22/h13-22H,9-12H2,1-8H3/t13-,14-,15-,16-,17+,18+,19+,20+,21-,22-/m0/s1. The van der Waals surface area contributed by atoms with Gasteiger partial charge in [0.25, 0.3) is 0 Å². The number of ether oxygens (including phenoxy) is 9. The second-order valence-electron chi connectivity index (χ2n) is 8.03. The number of methoxy groups -OCH3 is 4. The second-order valence-corrected chi connectivity index (χ2v) is 8.03. The Hall–Kier alpha value is -0.360. The van der Waals surface area contributed by atoms with Gasteiger partial charge in [0.15, 0.2) is 12.6 Å². The van der Waals surface area contributed by atoms with Crippen molar-refractivity contribution in [3.05, 3.63) is 0 Å². The summed E-state index contributed by atoms with van der Waals surface area (Å²) in [6.45, 7) is 9.16. The third-order valence-corrected chi connectivity index (χ3v) is 5.84. The van der Waals surface area contributed by atoms with Crippen molar-refractivity contribution < 1.29 is 42.6 Å². The molecule has 9 nitrogen and oxygen atoms in total. The number of rotatable bonds is 12. The first kappa shape index (κ1) is 26.9. The minimum atomic E-state index is -0.728. The Bertz CT molecular complexity index is 452. The van der Waals surface area contributed by atoms with Gasteiger partial charge in [-0.25, -0.2) is 0 Å². The normalized spacial score (nSPS) is 41.4. The molecule has 2 aliphatic heterocycles. The van der Waals surface area contributed by atoms with Crippen molar-refractivity contribution in [2.75, 3.05) is 41.7 Å². The van der Waals surface area contributed by atoms with E-state index in [9.17, 15) is 0 Å². The highest BCUT2D eigenvalue weighted by Crippen LogP contribution is 2.33. The Balaban J connectivity index is 2.22. The molecule has 0 aliphatic carbocycles. The van der Waals surface area contributed by atoms with Gasteiger partial charge in [0.1, 0.15) is 36.6 Å². The first-order valence-electron chi connectivity index (χ1n) is 11.3. The third kappa shape index (κ3) is 6.37. The van der Waals surface area contributed by atoms with Gasteiger partial charge in [0.05, 0.1) is 12.2 Å². The molecule has 0 radical (unpaired) electrons. The first-order chi connectivity index (χ1) is 15.0. The van der Waals surface area contributed by atoms with Crippen LogP contribution in [0.15, 0.2) is 0 Å². The van der Waals surface area contributed by atoms with E-state index in [0.29, 0.717) is 13.2 Å². The molecule has 9 heteroatoms. The Labute approximate surface area is 186 Å². The molecule has 2 saturated heterocycles. The molecule has 2 aliphatic rings. The molecule has 10 atom stereocenters. The van der Waals surface area contributed by atoms with Crippen molar-refractivity contribution in [1.82, 2.24) is 0 Å². The van der Waals surface area contributed by atoms with Crippen LogP contribution in [0.3, 0.4) is 0 Å². The van der Waals surface area contributed by atoms with Gasteiger partial charge in [-0.3, -0.25) is 0 Å². The van der Waals surface area contributed by atoms with E-state index in [2.05, 4.69) is 13.8 Å². The highest BCUT2D eigenvalue weighted by molar-refractivity contribution is 4.94. The zero-order valence-corrected chi connectivity index (χ0v) is 20.3. The van der Waals surface area contributed by atoms with Gasteiger partial charge in [-0.2, -0.15) is 0 Å². The lowest BCUT2D eigenvalue weighted by Crippen LogP contribution is -2.64. The van der Waals surface area contributed by atoms with E-state index in [1.807, 2.05) is 13.8 Å². The smallest absolute Gasteiger partial charge is 0.189 e.